The van der Waals surface area contributed by atoms with Crippen LogP contribution in [0.1, 0.15) is 78.4 Å². The van der Waals surface area contributed by atoms with Gasteiger partial charge in [-0.3, -0.25) is 4.90 Å². The average Bonchev–Trinajstić information content (AvgIpc) is 3.51. The van der Waals surface area contributed by atoms with Gasteiger partial charge in [0, 0.05) is 43.5 Å². The number of aliphatic hydroxyl groups is 1. The van der Waals surface area contributed by atoms with E-state index in [0.717, 1.165) is 55.8 Å². The number of phenols is 1. The van der Waals surface area contributed by atoms with E-state index in [1.165, 1.54) is 24.0 Å². The number of hydrogen-bond acceptors (Lipinski definition) is 5. The van der Waals surface area contributed by atoms with Gasteiger partial charge in [0.15, 0.2) is 11.5 Å². The van der Waals surface area contributed by atoms with E-state index < -0.39 is 40.4 Å². The lowest BCUT2D eigenvalue weighted by molar-refractivity contribution is -0.206. The van der Waals surface area contributed by atoms with Crippen LogP contribution in [0, 0.1) is 23.1 Å². The van der Waals surface area contributed by atoms with Crippen LogP contribution in [-0.4, -0.2) is 59.1 Å². The van der Waals surface area contributed by atoms with Crippen molar-refractivity contribution in [3.05, 3.63) is 22.3 Å². The van der Waals surface area contributed by atoms with Crippen molar-refractivity contribution in [1.82, 2.24) is 4.90 Å². The highest BCUT2D eigenvalue weighted by molar-refractivity contribution is 5.69. The molecule has 7 atom stereocenters. The van der Waals surface area contributed by atoms with Crippen molar-refractivity contribution >= 4 is 0 Å². The minimum atomic E-state index is -1.56. The molecular formula is C29H41NO4. The Morgan fingerprint density at radius 3 is 2.53 bits per heavy atom. The Kier molecular flexibility index (Phi) is 3.92. The zero-order valence-electron chi connectivity index (χ0n) is 23.3. The van der Waals surface area contributed by atoms with Gasteiger partial charge in [-0.25, -0.2) is 0 Å². The molecule has 4 aliphatic carbocycles. The summed E-state index contributed by atoms with van der Waals surface area (Å²) in [6.07, 6.45) is 3.93. The Hall–Kier alpha value is -1.30. The molecule has 2 bridgehead atoms. The fraction of sp³-hybridized carbons (Fsp3) is 0.793. The van der Waals surface area contributed by atoms with Crippen molar-refractivity contribution < 1.29 is 22.4 Å². The number of fused-ring (bicyclic) bond motifs is 2. The number of piperidine rings is 1. The van der Waals surface area contributed by atoms with Gasteiger partial charge in [-0.05, 0) is 86.8 Å². The smallest absolute Gasteiger partial charge is 0.166 e. The van der Waals surface area contributed by atoms with E-state index in [2.05, 4.69) is 4.90 Å². The summed E-state index contributed by atoms with van der Waals surface area (Å²) in [4.78, 5) is 2.57. The highest BCUT2D eigenvalue weighted by Crippen LogP contribution is 2.68. The standard InChI is InChI=1S/C29H41NO4/c1-27(2,3)28(4,32)20-13-19-21-12-18-16-8-9-17(16)23(31)25-22(18)29(19,26(34-25)24(20)33-5)10-11-30(21)14-15-6-7-15/h15,19-21,24,26,31-32H,6-14H2,1-5H3/t19-,20-,21-,24-,26+,28+,29+/m1/s1/i19D,24D. The SMILES string of the molecule is [2H][C@@]1(OC)[C@H]([C@](C)(O)C(C)(C)C)C[C@]2([2H])[C@H]3Cc4c5c(c(O)c6c4[C@@]2(CCN3CC2CC2)[C@H]1O6)CC5. The van der Waals surface area contributed by atoms with Crippen LogP contribution in [0.15, 0.2) is 0 Å². The molecule has 2 aliphatic heterocycles. The predicted molar refractivity (Wildman–Crippen MR) is 130 cm³/mol. The number of nitrogens with zero attached hydrogens (tertiary/aromatic N) is 1. The van der Waals surface area contributed by atoms with Crippen LogP contribution in [0.4, 0.5) is 0 Å². The molecule has 2 heterocycles. The van der Waals surface area contributed by atoms with Crippen LogP contribution in [0.2, 0.25) is 0 Å². The number of methoxy groups -OCH3 is 1. The van der Waals surface area contributed by atoms with E-state index in [0.29, 0.717) is 12.2 Å². The molecule has 7 rings (SSSR count). The van der Waals surface area contributed by atoms with Crippen molar-refractivity contribution in [2.75, 3.05) is 20.2 Å². The maximum absolute atomic E-state index is 12.1. The molecule has 1 aromatic carbocycles. The molecule has 34 heavy (non-hydrogen) atoms. The van der Waals surface area contributed by atoms with E-state index in [1.54, 1.807) is 7.11 Å². The molecule has 5 heteroatoms. The minimum Gasteiger partial charge on any atom is -0.504 e. The maximum atomic E-state index is 12.1. The van der Waals surface area contributed by atoms with Crippen molar-refractivity contribution in [2.45, 2.75) is 102 Å². The van der Waals surface area contributed by atoms with Crippen molar-refractivity contribution in [3.63, 3.8) is 0 Å². The van der Waals surface area contributed by atoms with Gasteiger partial charge in [0.2, 0.25) is 0 Å². The first-order valence-electron chi connectivity index (χ1n) is 14.4. The molecule has 1 aromatic rings. The quantitative estimate of drug-likeness (QED) is 0.699. The third-order valence-electron chi connectivity index (χ3n) is 10.8. The number of benzene rings is 1. The summed E-state index contributed by atoms with van der Waals surface area (Å²) in [7, 11) is 1.55. The van der Waals surface area contributed by atoms with Gasteiger partial charge in [-0.15, -0.1) is 0 Å². The van der Waals surface area contributed by atoms with Crippen LogP contribution >= 0.6 is 0 Å². The molecule has 3 fully saturated rings. The summed E-state index contributed by atoms with van der Waals surface area (Å²) >= 11 is 0. The number of hydrogen-bond donors (Lipinski definition) is 2. The Bertz CT molecular complexity index is 1160. The molecule has 6 aliphatic rings. The van der Waals surface area contributed by atoms with E-state index in [-0.39, 0.29) is 11.8 Å². The summed E-state index contributed by atoms with van der Waals surface area (Å²) < 4.78 is 33.0. The molecule has 0 amide bonds. The zero-order chi connectivity index (χ0) is 25.6. The second-order valence-corrected chi connectivity index (χ2v) is 13.2. The fourth-order valence-electron chi connectivity index (χ4n) is 8.08. The molecule has 186 valence electrons. The topological polar surface area (TPSA) is 62.2 Å². The predicted octanol–water partition coefficient (Wildman–Crippen LogP) is 3.98. The number of ether oxygens (including phenoxy) is 2. The fourth-order valence-corrected chi connectivity index (χ4v) is 8.08. The Morgan fingerprint density at radius 1 is 1.18 bits per heavy atom. The second kappa shape index (κ2) is 6.72. The Balaban J connectivity index is 1.49. The molecule has 0 radical (unpaired) electrons. The first kappa shape index (κ1) is 19.8. The summed E-state index contributed by atoms with van der Waals surface area (Å²) in [5, 5.41) is 23.4. The normalized spacial score (nSPS) is 44.7. The number of rotatable bonds is 4. The van der Waals surface area contributed by atoms with Crippen LogP contribution in [0.5, 0.6) is 11.5 Å². The lowest BCUT2D eigenvalue weighted by atomic mass is 9.46. The molecule has 1 spiro atoms. The maximum Gasteiger partial charge on any atom is 0.166 e. The van der Waals surface area contributed by atoms with Crippen LogP contribution < -0.4 is 4.74 Å². The monoisotopic (exact) mass is 469 g/mol. The molecular weight excluding hydrogens is 426 g/mol. The lowest BCUT2D eigenvalue weighted by Crippen LogP contribution is -2.71. The van der Waals surface area contributed by atoms with Crippen LogP contribution in [0.25, 0.3) is 0 Å². The highest BCUT2D eigenvalue weighted by atomic mass is 16.5. The van der Waals surface area contributed by atoms with E-state index >= 15 is 0 Å². The summed E-state index contributed by atoms with van der Waals surface area (Å²) in [6.45, 7) is 9.73. The number of aromatic hydroxyl groups is 1. The number of phenolic OH excluding ortho intramolecular Hbond substituents is 1. The van der Waals surface area contributed by atoms with Gasteiger partial charge in [0.25, 0.3) is 0 Å². The van der Waals surface area contributed by atoms with Crippen molar-refractivity contribution in [1.29, 1.82) is 0 Å². The molecule has 0 aromatic heterocycles. The van der Waals surface area contributed by atoms with Crippen molar-refractivity contribution in [2.24, 2.45) is 23.1 Å². The average molecular weight is 470 g/mol. The van der Waals surface area contributed by atoms with Gasteiger partial charge in [-0.2, -0.15) is 0 Å². The molecule has 0 unspecified atom stereocenters. The van der Waals surface area contributed by atoms with E-state index in [9.17, 15) is 13.0 Å². The van der Waals surface area contributed by atoms with Gasteiger partial charge in [-0.1, -0.05) is 20.8 Å². The largest absolute Gasteiger partial charge is 0.504 e. The molecule has 5 nitrogen and oxygen atoms in total. The lowest BCUT2D eigenvalue weighted by Gasteiger charge is -2.63. The third kappa shape index (κ3) is 2.52. The van der Waals surface area contributed by atoms with Crippen molar-refractivity contribution in [3.8, 4) is 11.5 Å². The molecule has 2 N–H and O–H groups in total. The highest BCUT2D eigenvalue weighted by Gasteiger charge is 2.70. The minimum absolute atomic E-state index is 0.00492. The van der Waals surface area contributed by atoms with Gasteiger partial charge < -0.3 is 19.7 Å². The number of likely N-dealkylation sites (tertiary alicyclic amines) is 1. The summed E-state index contributed by atoms with van der Waals surface area (Å²) in [5.74, 6) is -0.127. The van der Waals surface area contributed by atoms with E-state index in [4.69, 9.17) is 9.47 Å². The first-order valence-corrected chi connectivity index (χ1v) is 13.4. The third-order valence-corrected chi connectivity index (χ3v) is 10.8. The van der Waals surface area contributed by atoms with Crippen LogP contribution in [-0.2, 0) is 29.4 Å². The summed E-state index contributed by atoms with van der Waals surface area (Å²) in [5.41, 5.74) is 2.01. The Labute approximate surface area is 206 Å². The zero-order valence-corrected chi connectivity index (χ0v) is 21.3. The van der Waals surface area contributed by atoms with Gasteiger partial charge in [0.1, 0.15) is 12.2 Å². The Morgan fingerprint density at radius 2 is 1.91 bits per heavy atom. The molecule has 1 saturated heterocycles. The van der Waals surface area contributed by atoms with E-state index in [1.807, 2.05) is 27.7 Å². The van der Waals surface area contributed by atoms with Gasteiger partial charge >= 0.3 is 0 Å². The summed E-state index contributed by atoms with van der Waals surface area (Å²) in [6, 6.07) is 0.00492. The first-order chi connectivity index (χ1) is 16.8. The second-order valence-electron chi connectivity index (χ2n) is 13.2. The molecule has 2 saturated carbocycles. The van der Waals surface area contributed by atoms with Crippen LogP contribution in [0.3, 0.4) is 0 Å². The van der Waals surface area contributed by atoms with Gasteiger partial charge in [0.05, 0.1) is 6.97 Å².